The van der Waals surface area contributed by atoms with Gasteiger partial charge in [-0.1, -0.05) is 52.4 Å². The lowest BCUT2D eigenvalue weighted by Gasteiger charge is -2.11. The summed E-state index contributed by atoms with van der Waals surface area (Å²) >= 11 is 14.0. The Bertz CT molecular complexity index is 1400. The predicted molar refractivity (Wildman–Crippen MR) is 178 cm³/mol. The summed E-state index contributed by atoms with van der Waals surface area (Å²) in [6, 6.07) is 6.82. The molecule has 0 aliphatic carbocycles. The fourth-order valence-corrected chi connectivity index (χ4v) is 9.90. The predicted octanol–water partition coefficient (Wildman–Crippen LogP) is 11.5. The highest BCUT2D eigenvalue weighted by Gasteiger charge is 2.23. The zero-order valence-electron chi connectivity index (χ0n) is 22.4. The Morgan fingerprint density at radius 1 is 0.846 bits per heavy atom. The largest absolute Gasteiger partial charge is 0.481 e. The SMILES string of the molecule is CCCCCCc1cc(-c2cc(SCCC(=O)O)c(-c3cc(CCCCCC)c(Br)s3)c3nsnc23)sc1Br. The van der Waals surface area contributed by atoms with Crippen molar-refractivity contribution < 1.29 is 9.90 Å². The van der Waals surface area contributed by atoms with Crippen LogP contribution in [0.5, 0.6) is 0 Å². The highest BCUT2D eigenvalue weighted by molar-refractivity contribution is 9.11. The molecule has 3 aromatic heterocycles. The lowest BCUT2D eigenvalue weighted by atomic mass is 10.0. The zero-order valence-corrected chi connectivity index (χ0v) is 28.8. The van der Waals surface area contributed by atoms with Gasteiger partial charge in [0.25, 0.3) is 0 Å². The van der Waals surface area contributed by atoms with Gasteiger partial charge in [-0.2, -0.15) is 8.75 Å². The number of thiophene rings is 2. The molecular formula is C29H34Br2N2O2S4. The molecule has 0 saturated carbocycles. The molecule has 210 valence electrons. The Hall–Kier alpha value is -0.780. The highest BCUT2D eigenvalue weighted by Crippen LogP contribution is 2.48. The van der Waals surface area contributed by atoms with Gasteiger partial charge in [-0.25, -0.2) is 0 Å². The number of aliphatic carboxylic acids is 1. The van der Waals surface area contributed by atoms with Crippen LogP contribution in [-0.2, 0) is 17.6 Å². The maximum atomic E-state index is 11.3. The molecule has 0 bridgehead atoms. The summed E-state index contributed by atoms with van der Waals surface area (Å²) in [5.74, 6) is -0.262. The van der Waals surface area contributed by atoms with Crippen LogP contribution in [0.15, 0.2) is 30.7 Å². The van der Waals surface area contributed by atoms with E-state index in [0.29, 0.717) is 5.75 Å². The number of thioether (sulfide) groups is 1. The van der Waals surface area contributed by atoms with Gasteiger partial charge in [-0.05, 0) is 86.9 Å². The molecule has 1 N–H and O–H groups in total. The summed E-state index contributed by atoms with van der Waals surface area (Å²) in [4.78, 5) is 14.7. The van der Waals surface area contributed by atoms with E-state index in [1.54, 1.807) is 34.4 Å². The lowest BCUT2D eigenvalue weighted by Crippen LogP contribution is -1.96. The van der Waals surface area contributed by atoms with Gasteiger partial charge < -0.3 is 5.11 Å². The van der Waals surface area contributed by atoms with Crippen LogP contribution >= 0.6 is 78.0 Å². The van der Waals surface area contributed by atoms with Crippen LogP contribution in [0.1, 0.15) is 82.8 Å². The van der Waals surface area contributed by atoms with Gasteiger partial charge in [0.1, 0.15) is 11.0 Å². The molecule has 0 aliphatic heterocycles. The van der Waals surface area contributed by atoms with Gasteiger partial charge in [0.15, 0.2) is 0 Å². The summed E-state index contributed by atoms with van der Waals surface area (Å²) in [6.07, 6.45) is 12.1. The number of hydrogen-bond acceptors (Lipinski definition) is 7. The van der Waals surface area contributed by atoms with Crippen LogP contribution in [0.3, 0.4) is 0 Å². The smallest absolute Gasteiger partial charge is 0.304 e. The topological polar surface area (TPSA) is 63.1 Å². The third-order valence-electron chi connectivity index (χ3n) is 6.70. The molecule has 4 nitrogen and oxygen atoms in total. The molecule has 0 atom stereocenters. The molecule has 0 saturated heterocycles. The highest BCUT2D eigenvalue weighted by atomic mass is 79.9. The molecule has 4 aromatic rings. The minimum absolute atomic E-state index is 0.121. The van der Waals surface area contributed by atoms with Crippen LogP contribution < -0.4 is 0 Å². The summed E-state index contributed by atoms with van der Waals surface area (Å²) in [6.45, 7) is 4.48. The van der Waals surface area contributed by atoms with Gasteiger partial charge in [0.05, 0.1) is 25.7 Å². The third kappa shape index (κ3) is 8.16. The molecule has 0 fully saturated rings. The number of nitrogens with zero attached hydrogens (tertiary/aromatic N) is 2. The molecular weight excluding hydrogens is 696 g/mol. The molecule has 4 rings (SSSR count). The Kier molecular flexibility index (Phi) is 12.3. The molecule has 0 aliphatic rings. The second-order valence-corrected chi connectivity index (χ2v) is 16.1. The van der Waals surface area contributed by atoms with E-state index < -0.39 is 5.97 Å². The minimum Gasteiger partial charge on any atom is -0.481 e. The number of halogens is 2. The van der Waals surface area contributed by atoms with Crippen LogP contribution in [0.2, 0.25) is 0 Å². The number of unbranched alkanes of at least 4 members (excludes halogenated alkanes) is 6. The zero-order chi connectivity index (χ0) is 27.8. The van der Waals surface area contributed by atoms with Crippen molar-refractivity contribution in [3.05, 3.63) is 36.9 Å². The summed E-state index contributed by atoms with van der Waals surface area (Å²) in [7, 11) is 0. The number of aryl methyl sites for hydroxylation is 2. The van der Waals surface area contributed by atoms with Gasteiger partial charge in [-0.3, -0.25) is 4.79 Å². The summed E-state index contributed by atoms with van der Waals surface area (Å²) < 4.78 is 11.9. The fraction of sp³-hybridized carbons (Fsp3) is 0.483. The van der Waals surface area contributed by atoms with Crippen molar-refractivity contribution in [2.45, 2.75) is 89.4 Å². The van der Waals surface area contributed by atoms with Crippen molar-refractivity contribution in [2.24, 2.45) is 0 Å². The van der Waals surface area contributed by atoms with Gasteiger partial charge >= 0.3 is 5.97 Å². The number of benzene rings is 1. The van der Waals surface area contributed by atoms with Crippen molar-refractivity contribution in [1.82, 2.24) is 8.75 Å². The first-order valence-corrected chi connectivity index (χ1v) is 18.6. The number of carboxylic acids is 1. The first-order valence-electron chi connectivity index (χ1n) is 13.6. The van der Waals surface area contributed by atoms with E-state index in [4.69, 9.17) is 8.75 Å². The van der Waals surface area contributed by atoms with Crippen LogP contribution in [0.4, 0.5) is 0 Å². The second-order valence-electron chi connectivity index (χ2n) is 9.69. The number of hydrogen-bond donors (Lipinski definition) is 1. The van der Waals surface area contributed by atoms with E-state index in [0.717, 1.165) is 39.9 Å². The first kappa shape index (κ1) is 31.2. The van der Waals surface area contributed by atoms with Crippen molar-refractivity contribution in [3.63, 3.8) is 0 Å². The van der Waals surface area contributed by atoms with Crippen LogP contribution in [0.25, 0.3) is 31.9 Å². The van der Waals surface area contributed by atoms with Crippen LogP contribution in [0, 0.1) is 0 Å². The van der Waals surface area contributed by atoms with Crippen molar-refractivity contribution in [1.29, 1.82) is 0 Å². The van der Waals surface area contributed by atoms with E-state index in [1.165, 1.54) is 91.5 Å². The Labute approximate surface area is 264 Å². The molecule has 10 heteroatoms. The van der Waals surface area contributed by atoms with Crippen molar-refractivity contribution in [3.8, 4) is 20.9 Å². The van der Waals surface area contributed by atoms with Crippen molar-refractivity contribution >= 4 is 95.0 Å². The average molecular weight is 731 g/mol. The quantitative estimate of drug-likeness (QED) is 0.0919. The van der Waals surface area contributed by atoms with Gasteiger partial charge in [0.2, 0.25) is 0 Å². The van der Waals surface area contributed by atoms with Gasteiger partial charge in [0, 0.05) is 31.5 Å². The number of fused-ring (bicyclic) bond motifs is 1. The molecule has 1 aromatic carbocycles. The fourth-order valence-electron chi connectivity index (χ4n) is 4.60. The van der Waals surface area contributed by atoms with Crippen LogP contribution in [-0.4, -0.2) is 25.6 Å². The molecule has 0 unspecified atom stereocenters. The monoisotopic (exact) mass is 728 g/mol. The Morgan fingerprint density at radius 3 is 2.05 bits per heavy atom. The minimum atomic E-state index is -0.774. The maximum absolute atomic E-state index is 11.3. The first-order chi connectivity index (χ1) is 18.9. The van der Waals surface area contributed by atoms with Gasteiger partial charge in [-0.15, -0.1) is 34.4 Å². The van der Waals surface area contributed by atoms with Crippen molar-refractivity contribution in [2.75, 3.05) is 5.75 Å². The normalized spacial score (nSPS) is 11.6. The standard InChI is InChI=1S/C29H34Br2N2O2S4/c1-3-5-7-9-11-18-15-21(37-28(18)30)20-17-22(36-14-13-24(34)35)25(27-26(20)32-39-33-27)23-16-19(29(31)38-23)12-10-8-6-4-2/h15-17H,3-14H2,1-2H3,(H,34,35). The van der Waals surface area contributed by atoms with E-state index in [9.17, 15) is 9.90 Å². The number of carbonyl (C=O) groups is 1. The van der Waals surface area contributed by atoms with E-state index in [-0.39, 0.29) is 6.42 Å². The lowest BCUT2D eigenvalue weighted by molar-refractivity contribution is -0.136. The number of aromatic nitrogens is 2. The summed E-state index contributed by atoms with van der Waals surface area (Å²) in [5.41, 5.74) is 6.69. The van der Waals surface area contributed by atoms with E-state index in [1.807, 2.05) is 0 Å². The molecule has 0 amide bonds. The van der Waals surface area contributed by atoms with E-state index in [2.05, 4.69) is 63.9 Å². The second kappa shape index (κ2) is 15.4. The number of carboxylic acid groups (broad SMARTS) is 1. The van der Waals surface area contributed by atoms with E-state index >= 15 is 0 Å². The summed E-state index contributed by atoms with van der Waals surface area (Å²) in [5, 5.41) is 9.31. The third-order valence-corrected chi connectivity index (χ3v) is 12.2. The molecule has 39 heavy (non-hydrogen) atoms. The molecule has 0 radical (unpaired) electrons. The average Bonchev–Trinajstić information content (AvgIpc) is 3.63. The molecule has 0 spiro atoms. The Balaban J connectivity index is 1.73. The maximum Gasteiger partial charge on any atom is 0.304 e. The number of rotatable bonds is 16. The Morgan fingerprint density at radius 2 is 1.44 bits per heavy atom. The molecule has 3 heterocycles.